The molecule has 0 aliphatic rings. The summed E-state index contributed by atoms with van der Waals surface area (Å²) in [7, 11) is 0. The van der Waals surface area contributed by atoms with Crippen LogP contribution in [-0.2, 0) is 0 Å². The van der Waals surface area contributed by atoms with E-state index in [-0.39, 0.29) is 6.01 Å². The Morgan fingerprint density at radius 1 is 1.40 bits per heavy atom. The molecule has 2 rings (SSSR count). The van der Waals surface area contributed by atoms with Gasteiger partial charge in [0, 0.05) is 0 Å². The molecule has 6 nitrogen and oxygen atoms in total. The van der Waals surface area contributed by atoms with Gasteiger partial charge in [-0.25, -0.2) is 0 Å². The summed E-state index contributed by atoms with van der Waals surface area (Å²) in [5.74, 6) is -0.217. The molecule has 1 aromatic heterocycles. The van der Waals surface area contributed by atoms with Crippen molar-refractivity contribution in [2.24, 2.45) is 5.73 Å². The fourth-order valence-electron chi connectivity index (χ4n) is 1.10. The van der Waals surface area contributed by atoms with Crippen LogP contribution in [0.25, 0.3) is 0 Å². The average Bonchev–Trinajstić information content (AvgIpc) is 2.71. The molecular formula is C9H8N4O2. The van der Waals surface area contributed by atoms with Gasteiger partial charge in [-0.2, -0.15) is 4.98 Å². The van der Waals surface area contributed by atoms with Crippen molar-refractivity contribution < 1.29 is 9.53 Å². The minimum absolute atomic E-state index is 0.142. The smallest absolute Gasteiger partial charge is 0.340 e. The van der Waals surface area contributed by atoms with Crippen LogP contribution in [-0.4, -0.2) is 21.1 Å². The number of primary amides is 1. The number of ether oxygens (including phenoxy) is 1. The summed E-state index contributed by atoms with van der Waals surface area (Å²) < 4.78 is 5.26. The topological polar surface area (TPSA) is 93.9 Å². The van der Waals surface area contributed by atoms with E-state index in [0.717, 1.165) is 0 Å². The van der Waals surface area contributed by atoms with Gasteiger partial charge < -0.3 is 10.5 Å². The van der Waals surface area contributed by atoms with E-state index < -0.39 is 5.91 Å². The molecule has 0 saturated carbocycles. The number of para-hydroxylation sites is 1. The van der Waals surface area contributed by atoms with Gasteiger partial charge in [0.25, 0.3) is 5.91 Å². The molecule has 0 aliphatic heterocycles. The highest BCUT2D eigenvalue weighted by molar-refractivity contribution is 5.95. The van der Waals surface area contributed by atoms with E-state index in [1.54, 1.807) is 24.3 Å². The molecule has 0 radical (unpaired) electrons. The van der Waals surface area contributed by atoms with E-state index in [2.05, 4.69) is 15.2 Å². The lowest BCUT2D eigenvalue weighted by Crippen LogP contribution is -2.12. The number of nitrogens with zero attached hydrogens (tertiary/aromatic N) is 2. The number of rotatable bonds is 3. The fraction of sp³-hybridized carbons (Fsp3) is 0. The summed E-state index contributed by atoms with van der Waals surface area (Å²) in [6, 6.07) is 6.77. The molecule has 0 fully saturated rings. The second kappa shape index (κ2) is 3.79. The predicted molar refractivity (Wildman–Crippen MR) is 51.4 cm³/mol. The Morgan fingerprint density at radius 2 is 2.20 bits per heavy atom. The number of aromatic nitrogens is 3. The summed E-state index contributed by atoms with van der Waals surface area (Å²) >= 11 is 0. The third-order valence-electron chi connectivity index (χ3n) is 1.75. The van der Waals surface area contributed by atoms with Gasteiger partial charge in [0.05, 0.1) is 5.56 Å². The van der Waals surface area contributed by atoms with Crippen LogP contribution in [0.15, 0.2) is 30.6 Å². The number of carbonyl (C=O) groups is 1. The lowest BCUT2D eigenvalue weighted by atomic mass is 10.2. The van der Waals surface area contributed by atoms with Crippen LogP contribution in [0, 0.1) is 0 Å². The summed E-state index contributed by atoms with van der Waals surface area (Å²) in [5, 5.41) is 6.20. The molecule has 1 aromatic carbocycles. The molecule has 76 valence electrons. The average molecular weight is 204 g/mol. The van der Waals surface area contributed by atoms with Gasteiger partial charge in [0.1, 0.15) is 12.1 Å². The van der Waals surface area contributed by atoms with Gasteiger partial charge >= 0.3 is 6.01 Å². The Kier molecular flexibility index (Phi) is 2.32. The van der Waals surface area contributed by atoms with Crippen molar-refractivity contribution in [3.63, 3.8) is 0 Å². The molecular weight excluding hydrogens is 196 g/mol. The van der Waals surface area contributed by atoms with Crippen molar-refractivity contribution >= 4 is 5.91 Å². The summed E-state index contributed by atoms with van der Waals surface area (Å²) in [5.41, 5.74) is 5.47. The van der Waals surface area contributed by atoms with Gasteiger partial charge in [-0.05, 0) is 12.1 Å². The molecule has 0 spiro atoms. The Morgan fingerprint density at radius 3 is 2.87 bits per heavy atom. The third-order valence-corrected chi connectivity index (χ3v) is 1.75. The van der Waals surface area contributed by atoms with Crippen LogP contribution in [0.1, 0.15) is 10.4 Å². The maximum Gasteiger partial charge on any atom is 0.340 e. The highest BCUT2D eigenvalue weighted by atomic mass is 16.5. The second-order valence-electron chi connectivity index (χ2n) is 2.74. The first-order valence-electron chi connectivity index (χ1n) is 4.20. The second-order valence-corrected chi connectivity index (χ2v) is 2.74. The van der Waals surface area contributed by atoms with Gasteiger partial charge in [0.2, 0.25) is 0 Å². The van der Waals surface area contributed by atoms with Gasteiger partial charge in [0.15, 0.2) is 0 Å². The van der Waals surface area contributed by atoms with Crippen LogP contribution < -0.4 is 10.5 Å². The number of carbonyl (C=O) groups excluding carboxylic acids is 1. The first-order valence-corrected chi connectivity index (χ1v) is 4.20. The lowest BCUT2D eigenvalue weighted by molar-refractivity contribution is 0.0998. The highest BCUT2D eigenvalue weighted by Crippen LogP contribution is 2.21. The number of aromatic amines is 1. The van der Waals surface area contributed by atoms with E-state index in [9.17, 15) is 4.79 Å². The first kappa shape index (κ1) is 9.20. The minimum atomic E-state index is -0.555. The third kappa shape index (κ3) is 1.93. The van der Waals surface area contributed by atoms with Crippen molar-refractivity contribution in [1.82, 2.24) is 15.2 Å². The standard InChI is InChI=1S/C9H8N4O2/c10-8(14)6-3-1-2-4-7(6)15-9-11-5-12-13-9/h1-5H,(H2,10,14)(H,11,12,13). The zero-order valence-corrected chi connectivity index (χ0v) is 7.68. The molecule has 0 unspecified atom stereocenters. The molecule has 0 aliphatic carbocycles. The van der Waals surface area contributed by atoms with Crippen LogP contribution in [0.3, 0.4) is 0 Å². The summed E-state index contributed by atoms with van der Waals surface area (Å²) in [6.07, 6.45) is 1.38. The highest BCUT2D eigenvalue weighted by Gasteiger charge is 2.10. The van der Waals surface area contributed by atoms with Crippen LogP contribution in [0.4, 0.5) is 0 Å². The normalized spacial score (nSPS) is 9.87. The fourth-order valence-corrected chi connectivity index (χ4v) is 1.10. The minimum Gasteiger partial charge on any atom is -0.422 e. The predicted octanol–water partition coefficient (Wildman–Crippen LogP) is 0.696. The molecule has 6 heteroatoms. The number of hydrogen-bond acceptors (Lipinski definition) is 4. The molecule has 1 heterocycles. The Hall–Kier alpha value is -2.37. The number of nitrogens with two attached hydrogens (primary N) is 1. The van der Waals surface area contributed by atoms with E-state index in [1.807, 2.05) is 0 Å². The molecule has 2 aromatic rings. The molecule has 1 amide bonds. The van der Waals surface area contributed by atoms with Gasteiger partial charge in [-0.15, -0.1) is 5.10 Å². The van der Waals surface area contributed by atoms with Crippen molar-refractivity contribution in [2.75, 3.05) is 0 Å². The first-order chi connectivity index (χ1) is 7.27. The SMILES string of the molecule is NC(=O)c1ccccc1Oc1nc[nH]n1. The maximum atomic E-state index is 11.0. The zero-order valence-electron chi connectivity index (χ0n) is 7.68. The van der Waals surface area contributed by atoms with Crippen molar-refractivity contribution in [2.45, 2.75) is 0 Å². The molecule has 0 atom stereocenters. The number of amides is 1. The maximum absolute atomic E-state index is 11.0. The largest absolute Gasteiger partial charge is 0.422 e. The van der Waals surface area contributed by atoms with Crippen LogP contribution >= 0.6 is 0 Å². The Labute approximate surface area is 85.1 Å². The molecule has 3 N–H and O–H groups in total. The molecule has 0 saturated heterocycles. The number of hydrogen-bond donors (Lipinski definition) is 2. The van der Waals surface area contributed by atoms with Gasteiger partial charge in [-0.1, -0.05) is 12.1 Å². The van der Waals surface area contributed by atoms with Crippen molar-refractivity contribution in [3.8, 4) is 11.8 Å². The van der Waals surface area contributed by atoms with E-state index in [1.165, 1.54) is 6.33 Å². The Balaban J connectivity index is 2.32. The number of benzene rings is 1. The van der Waals surface area contributed by atoms with Gasteiger partial charge in [-0.3, -0.25) is 9.89 Å². The van der Waals surface area contributed by atoms with Crippen molar-refractivity contribution in [1.29, 1.82) is 0 Å². The number of H-pyrrole nitrogens is 1. The summed E-state index contributed by atoms with van der Waals surface area (Å²) in [6.45, 7) is 0. The zero-order chi connectivity index (χ0) is 10.7. The molecule has 0 bridgehead atoms. The monoisotopic (exact) mass is 204 g/mol. The van der Waals surface area contributed by atoms with E-state index in [4.69, 9.17) is 10.5 Å². The lowest BCUT2D eigenvalue weighted by Gasteiger charge is -2.04. The van der Waals surface area contributed by atoms with Crippen molar-refractivity contribution in [3.05, 3.63) is 36.2 Å². The number of nitrogens with one attached hydrogen (secondary N) is 1. The van der Waals surface area contributed by atoms with Crippen LogP contribution in [0.5, 0.6) is 11.8 Å². The quantitative estimate of drug-likeness (QED) is 0.769. The molecule has 15 heavy (non-hydrogen) atoms. The van der Waals surface area contributed by atoms with E-state index in [0.29, 0.717) is 11.3 Å². The Bertz CT molecular complexity index is 467. The van der Waals surface area contributed by atoms with E-state index >= 15 is 0 Å². The summed E-state index contributed by atoms with van der Waals surface area (Å²) in [4.78, 5) is 14.8. The van der Waals surface area contributed by atoms with Crippen LogP contribution in [0.2, 0.25) is 0 Å².